The van der Waals surface area contributed by atoms with Crippen LogP contribution in [0.3, 0.4) is 0 Å². The van der Waals surface area contributed by atoms with Crippen LogP contribution in [0.25, 0.3) is 11.6 Å². The van der Waals surface area contributed by atoms with Gasteiger partial charge in [-0.2, -0.15) is 0 Å². The lowest BCUT2D eigenvalue weighted by Crippen LogP contribution is -2.41. The highest BCUT2D eigenvalue weighted by Gasteiger charge is 2.52. The number of aromatic nitrogens is 3. The minimum absolute atomic E-state index is 0.397. The summed E-state index contributed by atoms with van der Waals surface area (Å²) in [5, 5.41) is 0. The first-order valence-corrected chi connectivity index (χ1v) is 6.46. The van der Waals surface area contributed by atoms with E-state index >= 15 is 0 Å². The maximum Gasteiger partial charge on any atom is 0.517 e. The third-order valence-electron chi connectivity index (χ3n) is 3.82. The molecule has 104 valence electrons. The van der Waals surface area contributed by atoms with Gasteiger partial charge in [-0.25, -0.2) is 15.0 Å². The number of rotatable bonds is 2. The number of hydrogen-bond donors (Lipinski definition) is 0. The third kappa shape index (κ3) is 2.12. The molecule has 0 unspecified atom stereocenters. The van der Waals surface area contributed by atoms with Crippen LogP contribution in [0.4, 0.5) is 0 Å². The summed E-state index contributed by atoms with van der Waals surface area (Å²) in [5.74, 6) is 0.428. The molecule has 0 aliphatic carbocycles. The van der Waals surface area contributed by atoms with E-state index in [-0.39, 0.29) is 0 Å². The Kier molecular flexibility index (Phi) is 2.91. The molecule has 1 aliphatic heterocycles. The lowest BCUT2D eigenvalue weighted by atomic mass is 9.86. The van der Waals surface area contributed by atoms with Crippen LogP contribution in [-0.4, -0.2) is 33.3 Å². The molecule has 3 rings (SSSR count). The summed E-state index contributed by atoms with van der Waals surface area (Å²) in [6.07, 6.45) is 4.63. The van der Waals surface area contributed by atoms with Gasteiger partial charge in [-0.05, 0) is 33.8 Å². The molecule has 0 atom stereocenters. The van der Waals surface area contributed by atoms with E-state index < -0.39 is 18.3 Å². The van der Waals surface area contributed by atoms with E-state index in [0.29, 0.717) is 17.2 Å². The Hall–Kier alpha value is -1.73. The van der Waals surface area contributed by atoms with Crippen molar-refractivity contribution < 1.29 is 13.7 Å². The number of oxazole rings is 1. The summed E-state index contributed by atoms with van der Waals surface area (Å²) in [6, 6.07) is 1.74. The van der Waals surface area contributed by atoms with Crippen LogP contribution in [0, 0.1) is 0 Å². The van der Waals surface area contributed by atoms with Crippen molar-refractivity contribution in [2.75, 3.05) is 0 Å². The van der Waals surface area contributed by atoms with Gasteiger partial charge in [-0.15, -0.1) is 0 Å². The topological polar surface area (TPSA) is 70.3 Å². The van der Waals surface area contributed by atoms with Gasteiger partial charge in [0.15, 0.2) is 0 Å². The lowest BCUT2D eigenvalue weighted by Gasteiger charge is -2.32. The van der Waals surface area contributed by atoms with Crippen LogP contribution in [-0.2, 0) is 9.31 Å². The van der Waals surface area contributed by atoms with Crippen LogP contribution >= 0.6 is 0 Å². The highest BCUT2D eigenvalue weighted by molar-refractivity contribution is 6.61. The quantitative estimate of drug-likeness (QED) is 0.771. The van der Waals surface area contributed by atoms with Crippen LogP contribution in [0.1, 0.15) is 27.7 Å². The smallest absolute Gasteiger partial charge is 0.444 e. The second-order valence-electron chi connectivity index (χ2n) is 5.76. The zero-order valence-electron chi connectivity index (χ0n) is 12.0. The fraction of sp³-hybridized carbons (Fsp3) is 0.462. The second kappa shape index (κ2) is 4.39. The Bertz CT molecular complexity index is 596. The van der Waals surface area contributed by atoms with Crippen molar-refractivity contribution >= 4 is 12.7 Å². The van der Waals surface area contributed by atoms with Crippen molar-refractivity contribution in [3.8, 4) is 11.6 Å². The molecule has 6 nitrogen and oxygen atoms in total. The Balaban J connectivity index is 1.86. The number of nitrogens with zero attached hydrogens (tertiary/aromatic N) is 3. The van der Waals surface area contributed by atoms with Gasteiger partial charge in [0.05, 0.1) is 11.2 Å². The summed E-state index contributed by atoms with van der Waals surface area (Å²) in [4.78, 5) is 12.3. The first-order valence-electron chi connectivity index (χ1n) is 6.46. The maximum absolute atomic E-state index is 5.92. The van der Waals surface area contributed by atoms with E-state index in [1.807, 2.05) is 27.7 Å². The largest absolute Gasteiger partial charge is 0.517 e. The molecule has 1 saturated heterocycles. The molecular weight excluding hydrogens is 257 g/mol. The molecule has 1 aliphatic rings. The molecule has 2 aromatic heterocycles. The molecule has 0 radical (unpaired) electrons. The molecule has 1 fully saturated rings. The SMILES string of the molecule is CC1(C)OB(c2coc(-c3ccncn3)n2)OC1(C)C. The van der Waals surface area contributed by atoms with Crippen molar-refractivity contribution in [1.29, 1.82) is 0 Å². The molecule has 7 heteroatoms. The first-order chi connectivity index (χ1) is 9.39. The standard InChI is InChI=1S/C13H16BN3O3/c1-12(2)13(3,4)20-14(19-12)10-7-18-11(17-10)9-5-6-15-8-16-9/h5-8H,1-4H3. The monoisotopic (exact) mass is 273 g/mol. The highest BCUT2D eigenvalue weighted by Crippen LogP contribution is 2.36. The first kappa shape index (κ1) is 13.3. The zero-order valence-corrected chi connectivity index (χ0v) is 12.0. The zero-order chi connectivity index (χ0) is 14.4. The minimum atomic E-state index is -0.528. The summed E-state index contributed by atoms with van der Waals surface area (Å²) < 4.78 is 17.3. The molecular formula is C13H16BN3O3. The Morgan fingerprint density at radius 1 is 1.10 bits per heavy atom. The average Bonchev–Trinajstić information content (AvgIpc) is 2.94. The van der Waals surface area contributed by atoms with Gasteiger partial charge in [0.1, 0.15) is 23.9 Å². The van der Waals surface area contributed by atoms with Gasteiger partial charge >= 0.3 is 7.12 Å². The predicted octanol–water partition coefficient (Wildman–Crippen LogP) is 1.43. The van der Waals surface area contributed by atoms with Gasteiger partial charge in [-0.3, -0.25) is 0 Å². The molecule has 0 saturated carbocycles. The van der Waals surface area contributed by atoms with Gasteiger partial charge in [0.2, 0.25) is 5.89 Å². The van der Waals surface area contributed by atoms with E-state index in [2.05, 4.69) is 15.0 Å². The highest BCUT2D eigenvalue weighted by atomic mass is 16.7. The van der Waals surface area contributed by atoms with Crippen molar-refractivity contribution in [3.63, 3.8) is 0 Å². The molecule has 0 spiro atoms. The molecule has 0 N–H and O–H groups in total. The second-order valence-corrected chi connectivity index (χ2v) is 5.76. The maximum atomic E-state index is 5.92. The van der Waals surface area contributed by atoms with Gasteiger partial charge in [-0.1, -0.05) is 0 Å². The van der Waals surface area contributed by atoms with Crippen molar-refractivity contribution in [3.05, 3.63) is 24.9 Å². The average molecular weight is 273 g/mol. The van der Waals surface area contributed by atoms with Crippen LogP contribution < -0.4 is 5.59 Å². The van der Waals surface area contributed by atoms with Crippen molar-refractivity contribution in [2.24, 2.45) is 0 Å². The van der Waals surface area contributed by atoms with E-state index in [1.165, 1.54) is 6.33 Å². The van der Waals surface area contributed by atoms with Gasteiger partial charge < -0.3 is 13.7 Å². The summed E-state index contributed by atoms with van der Waals surface area (Å²) >= 11 is 0. The van der Waals surface area contributed by atoms with Crippen molar-refractivity contribution in [1.82, 2.24) is 15.0 Å². The summed E-state index contributed by atoms with van der Waals surface area (Å²) in [5.41, 5.74) is 0.442. The van der Waals surface area contributed by atoms with Gasteiger partial charge in [0, 0.05) is 6.20 Å². The molecule has 0 aromatic carbocycles. The van der Waals surface area contributed by atoms with Crippen LogP contribution in [0.15, 0.2) is 29.3 Å². The van der Waals surface area contributed by atoms with E-state index in [1.54, 1.807) is 18.5 Å². The Morgan fingerprint density at radius 2 is 1.80 bits per heavy atom. The van der Waals surface area contributed by atoms with E-state index in [4.69, 9.17) is 13.7 Å². The molecule has 0 bridgehead atoms. The summed E-state index contributed by atoms with van der Waals surface area (Å²) in [7, 11) is -0.528. The Morgan fingerprint density at radius 3 is 2.40 bits per heavy atom. The fourth-order valence-corrected chi connectivity index (χ4v) is 1.89. The predicted molar refractivity (Wildman–Crippen MR) is 73.2 cm³/mol. The van der Waals surface area contributed by atoms with E-state index in [0.717, 1.165) is 0 Å². The summed E-state index contributed by atoms with van der Waals surface area (Å²) in [6.45, 7) is 7.99. The Labute approximate surface area is 117 Å². The van der Waals surface area contributed by atoms with Crippen LogP contribution in [0.5, 0.6) is 0 Å². The third-order valence-corrected chi connectivity index (χ3v) is 3.82. The van der Waals surface area contributed by atoms with Crippen molar-refractivity contribution in [2.45, 2.75) is 38.9 Å². The molecule has 20 heavy (non-hydrogen) atoms. The van der Waals surface area contributed by atoms with E-state index in [9.17, 15) is 0 Å². The lowest BCUT2D eigenvalue weighted by molar-refractivity contribution is 0.00578. The fourth-order valence-electron chi connectivity index (χ4n) is 1.89. The molecule has 3 heterocycles. The molecule has 2 aromatic rings. The van der Waals surface area contributed by atoms with Gasteiger partial charge in [0.25, 0.3) is 0 Å². The minimum Gasteiger partial charge on any atom is -0.444 e. The molecule has 0 amide bonds. The van der Waals surface area contributed by atoms with Crippen LogP contribution in [0.2, 0.25) is 0 Å². The normalized spacial score (nSPS) is 20.3. The number of hydrogen-bond acceptors (Lipinski definition) is 6.